The van der Waals surface area contributed by atoms with Gasteiger partial charge < -0.3 is 10.1 Å². The molecule has 4 heteroatoms. The van der Waals surface area contributed by atoms with Gasteiger partial charge in [0, 0.05) is 6.42 Å². The maximum atomic E-state index is 12.4. The van der Waals surface area contributed by atoms with Crippen molar-refractivity contribution in [3.05, 3.63) is 54.1 Å². The molecular weight excluding hydrogens is 336 g/mol. The molecule has 2 aromatic carbocycles. The Kier molecular flexibility index (Phi) is 6.62. The lowest BCUT2D eigenvalue weighted by molar-refractivity contribution is -0.122. The third kappa shape index (κ3) is 5.18. The van der Waals surface area contributed by atoms with Crippen LogP contribution in [0.15, 0.2) is 48.5 Å². The molecule has 27 heavy (non-hydrogen) atoms. The highest BCUT2D eigenvalue weighted by Gasteiger charge is 2.23. The van der Waals surface area contributed by atoms with Crippen LogP contribution >= 0.6 is 0 Å². The Morgan fingerprint density at radius 2 is 1.81 bits per heavy atom. The van der Waals surface area contributed by atoms with E-state index in [1.165, 1.54) is 0 Å². The zero-order chi connectivity index (χ0) is 19.1. The van der Waals surface area contributed by atoms with Gasteiger partial charge in [-0.2, -0.15) is 5.26 Å². The molecule has 140 valence electrons. The van der Waals surface area contributed by atoms with E-state index in [4.69, 9.17) is 4.74 Å². The minimum atomic E-state index is -0.270. The number of methoxy groups -OCH3 is 1. The van der Waals surface area contributed by atoms with E-state index in [1.807, 2.05) is 36.4 Å². The summed E-state index contributed by atoms with van der Waals surface area (Å²) in [6.45, 7) is 0.903. The van der Waals surface area contributed by atoms with Crippen molar-refractivity contribution < 1.29 is 9.53 Å². The van der Waals surface area contributed by atoms with Crippen molar-refractivity contribution in [3.8, 4) is 22.9 Å². The van der Waals surface area contributed by atoms with Crippen LogP contribution in [0, 0.1) is 17.2 Å². The largest absolute Gasteiger partial charge is 0.497 e. The number of benzene rings is 2. The topological polar surface area (TPSA) is 62.1 Å². The van der Waals surface area contributed by atoms with Crippen molar-refractivity contribution in [2.24, 2.45) is 5.92 Å². The third-order valence-corrected chi connectivity index (χ3v) is 5.19. The monoisotopic (exact) mass is 362 g/mol. The highest BCUT2D eigenvalue weighted by Crippen LogP contribution is 2.24. The minimum absolute atomic E-state index is 0.0629. The first-order valence-electron chi connectivity index (χ1n) is 9.58. The smallest absolute Gasteiger partial charge is 0.151 e. The van der Waals surface area contributed by atoms with Gasteiger partial charge in [0.2, 0.25) is 0 Å². The Morgan fingerprint density at radius 1 is 1.15 bits per heavy atom. The van der Waals surface area contributed by atoms with Crippen LogP contribution in [0.2, 0.25) is 0 Å². The Balaban J connectivity index is 1.60. The molecule has 3 rings (SSSR count). The van der Waals surface area contributed by atoms with Crippen LogP contribution < -0.4 is 10.1 Å². The molecule has 1 saturated heterocycles. The predicted molar refractivity (Wildman–Crippen MR) is 107 cm³/mol. The first-order chi connectivity index (χ1) is 13.2. The molecule has 1 heterocycles. The molecule has 2 atom stereocenters. The average Bonchev–Trinajstić information content (AvgIpc) is 2.74. The van der Waals surface area contributed by atoms with Crippen LogP contribution in [-0.2, 0) is 11.2 Å². The molecule has 0 aromatic heterocycles. The molecule has 0 radical (unpaired) electrons. The van der Waals surface area contributed by atoms with E-state index in [0.717, 1.165) is 48.2 Å². The van der Waals surface area contributed by atoms with Crippen molar-refractivity contribution in [1.82, 2.24) is 5.32 Å². The van der Waals surface area contributed by atoms with Gasteiger partial charge >= 0.3 is 0 Å². The Morgan fingerprint density at radius 3 is 2.37 bits per heavy atom. The van der Waals surface area contributed by atoms with Crippen molar-refractivity contribution in [3.63, 3.8) is 0 Å². The summed E-state index contributed by atoms with van der Waals surface area (Å²) in [6, 6.07) is 18.4. The van der Waals surface area contributed by atoms with Gasteiger partial charge in [0.1, 0.15) is 5.75 Å². The molecule has 0 unspecified atom stereocenters. The highest BCUT2D eigenvalue weighted by molar-refractivity contribution is 5.84. The first-order valence-corrected chi connectivity index (χ1v) is 9.58. The summed E-state index contributed by atoms with van der Waals surface area (Å²) < 4.78 is 5.19. The third-order valence-electron chi connectivity index (χ3n) is 5.19. The quantitative estimate of drug-likeness (QED) is 0.804. The lowest BCUT2D eigenvalue weighted by atomic mass is 9.90. The van der Waals surface area contributed by atoms with Crippen LogP contribution in [0.4, 0.5) is 0 Å². The second-order valence-corrected chi connectivity index (χ2v) is 7.13. The molecule has 0 spiro atoms. The summed E-state index contributed by atoms with van der Waals surface area (Å²) in [7, 11) is 1.66. The highest BCUT2D eigenvalue weighted by atomic mass is 16.5. The fourth-order valence-electron chi connectivity index (χ4n) is 3.58. The van der Waals surface area contributed by atoms with Gasteiger partial charge in [0.05, 0.1) is 25.1 Å². The predicted octanol–water partition coefficient (Wildman–Crippen LogP) is 4.15. The number of ether oxygens (including phenoxy) is 1. The number of carbonyl (C=O) groups excluding carboxylic acids is 1. The number of nitrogens with one attached hydrogen (secondary N) is 1. The average molecular weight is 362 g/mol. The summed E-state index contributed by atoms with van der Waals surface area (Å²) in [5.41, 5.74) is 3.33. The molecular formula is C23H26N2O2. The van der Waals surface area contributed by atoms with Gasteiger partial charge in [-0.1, -0.05) is 42.8 Å². The lowest BCUT2D eigenvalue weighted by Gasteiger charge is -2.23. The Bertz CT molecular complexity index is 785. The van der Waals surface area contributed by atoms with Gasteiger partial charge in [-0.05, 0) is 54.6 Å². The molecule has 0 saturated carbocycles. The van der Waals surface area contributed by atoms with Gasteiger partial charge in [0.15, 0.2) is 5.78 Å². The minimum Gasteiger partial charge on any atom is -0.497 e. The van der Waals surface area contributed by atoms with Crippen LogP contribution in [0.5, 0.6) is 5.75 Å². The normalized spacial score (nSPS) is 17.7. The first kappa shape index (κ1) is 19.1. The van der Waals surface area contributed by atoms with Crippen molar-refractivity contribution in [2.75, 3.05) is 13.7 Å². The zero-order valence-electron chi connectivity index (χ0n) is 15.8. The van der Waals surface area contributed by atoms with Gasteiger partial charge in [0.25, 0.3) is 0 Å². The number of carbonyl (C=O) groups is 1. The standard InChI is InChI=1S/C23H26N2O2/c1-27-21-11-9-20(10-12-21)19-7-5-17(6-8-19)14-18(16-24)15-23(26)22-4-2-3-13-25-22/h5-12,18,22,25H,2-4,13-15H2,1H3/t18-,22+/m1/s1. The zero-order valence-corrected chi connectivity index (χ0v) is 15.8. The summed E-state index contributed by atoms with van der Waals surface area (Å²) >= 11 is 0. The lowest BCUT2D eigenvalue weighted by Crippen LogP contribution is -2.41. The SMILES string of the molecule is COc1ccc(-c2ccc(C[C@@H](C#N)CC(=O)[C@@H]3CCCCN3)cc2)cc1. The summed E-state index contributed by atoms with van der Waals surface area (Å²) in [5, 5.41) is 12.8. The van der Waals surface area contributed by atoms with Gasteiger partial charge in [-0.25, -0.2) is 0 Å². The number of ketones is 1. The van der Waals surface area contributed by atoms with Crippen LogP contribution in [0.1, 0.15) is 31.2 Å². The van der Waals surface area contributed by atoms with Crippen LogP contribution in [0.3, 0.4) is 0 Å². The van der Waals surface area contributed by atoms with Crippen LogP contribution in [-0.4, -0.2) is 25.5 Å². The number of hydrogen-bond acceptors (Lipinski definition) is 4. The molecule has 0 aliphatic carbocycles. The number of Topliss-reactive ketones (excluding diaryl/α,β-unsaturated/α-hetero) is 1. The Hall–Kier alpha value is -2.64. The maximum Gasteiger partial charge on any atom is 0.151 e. The molecule has 1 aliphatic rings. The second-order valence-electron chi connectivity index (χ2n) is 7.13. The Labute approximate surface area is 161 Å². The summed E-state index contributed by atoms with van der Waals surface area (Å²) in [4.78, 5) is 12.4. The van der Waals surface area contributed by atoms with E-state index < -0.39 is 0 Å². The van der Waals surface area contributed by atoms with E-state index in [-0.39, 0.29) is 17.7 Å². The molecule has 1 N–H and O–H groups in total. The second kappa shape index (κ2) is 9.34. The number of rotatable bonds is 7. The summed E-state index contributed by atoms with van der Waals surface area (Å²) in [6.07, 6.45) is 4.05. The van der Waals surface area contributed by atoms with E-state index in [9.17, 15) is 10.1 Å². The van der Waals surface area contributed by atoms with Crippen molar-refractivity contribution in [1.29, 1.82) is 5.26 Å². The summed E-state index contributed by atoms with van der Waals surface area (Å²) in [5.74, 6) is 0.744. The fraction of sp³-hybridized carbons (Fsp3) is 0.391. The van der Waals surface area contributed by atoms with E-state index >= 15 is 0 Å². The molecule has 0 bridgehead atoms. The van der Waals surface area contributed by atoms with Gasteiger partial charge in [-0.15, -0.1) is 0 Å². The van der Waals surface area contributed by atoms with Crippen molar-refractivity contribution >= 4 is 5.78 Å². The number of hydrogen-bond donors (Lipinski definition) is 1. The molecule has 4 nitrogen and oxygen atoms in total. The fourth-order valence-corrected chi connectivity index (χ4v) is 3.58. The van der Waals surface area contributed by atoms with Gasteiger partial charge in [-0.3, -0.25) is 4.79 Å². The molecule has 1 aliphatic heterocycles. The van der Waals surface area contributed by atoms with E-state index in [0.29, 0.717) is 12.8 Å². The van der Waals surface area contributed by atoms with E-state index in [2.05, 4.69) is 23.5 Å². The van der Waals surface area contributed by atoms with Crippen molar-refractivity contribution in [2.45, 2.75) is 38.1 Å². The van der Waals surface area contributed by atoms with E-state index in [1.54, 1.807) is 7.11 Å². The molecule has 2 aromatic rings. The number of nitriles is 1. The maximum absolute atomic E-state index is 12.4. The molecule has 0 amide bonds. The number of piperidine rings is 1. The number of nitrogens with zero attached hydrogens (tertiary/aromatic N) is 1. The molecule has 1 fully saturated rings. The van der Waals surface area contributed by atoms with Crippen LogP contribution in [0.25, 0.3) is 11.1 Å².